The van der Waals surface area contributed by atoms with E-state index in [1.807, 2.05) is 36.7 Å². The molecule has 1 saturated heterocycles. The lowest BCUT2D eigenvalue weighted by molar-refractivity contribution is -0.147. The van der Waals surface area contributed by atoms with Crippen molar-refractivity contribution < 1.29 is 19.1 Å². The van der Waals surface area contributed by atoms with Gasteiger partial charge in [0.05, 0.1) is 48.8 Å². The van der Waals surface area contributed by atoms with E-state index in [0.717, 1.165) is 107 Å². The van der Waals surface area contributed by atoms with Crippen LogP contribution in [0.25, 0.3) is 22.1 Å². The average Bonchev–Trinajstić information content (AvgIpc) is 3.98. The molecule has 18 heteroatoms. The maximum atomic E-state index is 12.1. The molecule has 3 atom stereocenters. The quantitative estimate of drug-likeness (QED) is 0.0957. The molecule has 332 valence electrons. The Morgan fingerprint density at radius 1 is 0.683 bits per heavy atom. The Kier molecular flexibility index (Phi) is 13.8. The number of anilines is 3. The van der Waals surface area contributed by atoms with Gasteiger partial charge in [0.2, 0.25) is 0 Å². The standard InChI is InChI=1S/C22H25ClN6O2.C15H13Cl2N5.C8H14O2/c1-13-8-17-16(11-29(13)18-9-19(23)27-20-15(18)5-6-24-20)21(26-12-25-17)28-7-3-4-14(10-28)22(30)31-2;1-8-4-11-10(14(17)20-7-19-11)6-22(8)12-5-13(16)21-15-9(12)2-3-18-15;1-10-8(9)7-5-3-2-4-6-7/h5-6,9,12-14H,3-4,7-8,10-11H2,1-2H3,(H,24,27);2-3,5,7-8H,4,6H2,1H3,(H,18,21);7H,2-6H2,1H3/t13-,14-;8-;/m11./s1. The monoisotopic (exact) mass is 915 g/mol. The zero-order valence-corrected chi connectivity index (χ0v) is 38.2. The van der Waals surface area contributed by atoms with Crippen LogP contribution in [0.1, 0.15) is 81.3 Å². The van der Waals surface area contributed by atoms with Gasteiger partial charge in [0, 0.05) is 85.4 Å². The zero-order valence-electron chi connectivity index (χ0n) is 35.9. The van der Waals surface area contributed by atoms with Crippen LogP contribution in [-0.2, 0) is 45.0 Å². The summed E-state index contributed by atoms with van der Waals surface area (Å²) in [5, 5.41) is 3.55. The summed E-state index contributed by atoms with van der Waals surface area (Å²) in [6.45, 7) is 7.20. The van der Waals surface area contributed by atoms with Gasteiger partial charge in [0.25, 0.3) is 0 Å². The van der Waals surface area contributed by atoms with Crippen molar-refractivity contribution in [1.82, 2.24) is 39.9 Å². The van der Waals surface area contributed by atoms with E-state index < -0.39 is 0 Å². The normalized spacial score (nSPS) is 19.9. The van der Waals surface area contributed by atoms with Crippen LogP contribution in [0.5, 0.6) is 0 Å². The van der Waals surface area contributed by atoms with Crippen LogP contribution in [0.3, 0.4) is 0 Å². The Morgan fingerprint density at radius 2 is 1.21 bits per heavy atom. The highest BCUT2D eigenvalue weighted by Gasteiger charge is 2.33. The highest BCUT2D eigenvalue weighted by atomic mass is 35.5. The van der Waals surface area contributed by atoms with E-state index in [2.05, 4.69) is 73.2 Å². The number of pyridine rings is 2. The molecule has 6 aromatic heterocycles. The Bertz CT molecular complexity index is 2580. The van der Waals surface area contributed by atoms with E-state index in [1.54, 1.807) is 6.33 Å². The van der Waals surface area contributed by atoms with E-state index in [1.165, 1.54) is 39.8 Å². The molecule has 4 aliphatic rings. The van der Waals surface area contributed by atoms with Crippen molar-refractivity contribution in [2.45, 2.75) is 96.8 Å². The van der Waals surface area contributed by atoms with Crippen molar-refractivity contribution in [2.75, 3.05) is 42.0 Å². The van der Waals surface area contributed by atoms with Crippen LogP contribution in [0.4, 0.5) is 17.2 Å². The number of aromatic amines is 2. The Morgan fingerprint density at radius 3 is 1.79 bits per heavy atom. The van der Waals surface area contributed by atoms with Gasteiger partial charge in [-0.25, -0.2) is 29.9 Å². The number of ether oxygens (including phenoxy) is 2. The van der Waals surface area contributed by atoms with E-state index in [0.29, 0.717) is 35.1 Å². The van der Waals surface area contributed by atoms with Gasteiger partial charge >= 0.3 is 11.9 Å². The van der Waals surface area contributed by atoms with Gasteiger partial charge in [0.15, 0.2) is 0 Å². The third-order valence-electron chi connectivity index (χ3n) is 12.7. The summed E-state index contributed by atoms with van der Waals surface area (Å²) >= 11 is 18.7. The molecule has 2 fully saturated rings. The topological polar surface area (TPSA) is 171 Å². The molecule has 0 unspecified atom stereocenters. The minimum Gasteiger partial charge on any atom is -0.469 e. The molecule has 0 radical (unpaired) electrons. The van der Waals surface area contributed by atoms with Gasteiger partial charge in [-0.3, -0.25) is 9.59 Å². The number of rotatable bonds is 5. The number of piperidine rings is 1. The predicted molar refractivity (Wildman–Crippen MR) is 246 cm³/mol. The van der Waals surface area contributed by atoms with Gasteiger partial charge in [0.1, 0.15) is 45.2 Å². The molecule has 9 heterocycles. The first kappa shape index (κ1) is 44.4. The number of carbonyl (C=O) groups is 2. The number of fused-ring (bicyclic) bond motifs is 4. The lowest BCUT2D eigenvalue weighted by atomic mass is 9.89. The van der Waals surface area contributed by atoms with Crippen molar-refractivity contribution in [2.24, 2.45) is 11.8 Å². The number of halogens is 3. The number of carbonyl (C=O) groups excluding carboxylic acids is 2. The summed E-state index contributed by atoms with van der Waals surface area (Å²) < 4.78 is 9.64. The van der Waals surface area contributed by atoms with Gasteiger partial charge in [-0.2, -0.15) is 0 Å². The Hall–Kier alpha value is -5.25. The highest BCUT2D eigenvalue weighted by molar-refractivity contribution is 6.31. The first-order chi connectivity index (χ1) is 30.5. The fourth-order valence-electron chi connectivity index (χ4n) is 9.37. The summed E-state index contributed by atoms with van der Waals surface area (Å²) in [5.41, 5.74) is 7.86. The Labute approximate surface area is 381 Å². The van der Waals surface area contributed by atoms with Crippen molar-refractivity contribution in [1.29, 1.82) is 0 Å². The molecule has 1 aliphatic carbocycles. The summed E-state index contributed by atoms with van der Waals surface area (Å²) in [6, 6.07) is 8.41. The second-order valence-corrected chi connectivity index (χ2v) is 17.8. The maximum Gasteiger partial charge on any atom is 0.310 e. The van der Waals surface area contributed by atoms with Crippen LogP contribution in [-0.4, -0.2) is 91.2 Å². The molecule has 0 aromatic carbocycles. The molecule has 2 N–H and O–H groups in total. The maximum absolute atomic E-state index is 12.1. The number of esters is 2. The lowest BCUT2D eigenvalue weighted by Crippen LogP contribution is -2.43. The van der Waals surface area contributed by atoms with Crippen LogP contribution < -0.4 is 14.7 Å². The molecule has 0 amide bonds. The van der Waals surface area contributed by atoms with Gasteiger partial charge in [-0.1, -0.05) is 54.1 Å². The third-order valence-corrected chi connectivity index (χ3v) is 13.4. The first-order valence-electron chi connectivity index (χ1n) is 21.5. The van der Waals surface area contributed by atoms with Gasteiger partial charge in [-0.05, 0) is 63.8 Å². The van der Waals surface area contributed by atoms with Gasteiger partial charge in [-0.15, -0.1) is 0 Å². The molecule has 10 rings (SSSR count). The molecule has 6 aromatic rings. The number of H-pyrrole nitrogens is 2. The predicted octanol–water partition coefficient (Wildman–Crippen LogP) is 8.70. The average molecular weight is 917 g/mol. The lowest BCUT2D eigenvalue weighted by Gasteiger charge is -2.39. The van der Waals surface area contributed by atoms with Crippen molar-refractivity contribution in [3.63, 3.8) is 0 Å². The van der Waals surface area contributed by atoms with Crippen molar-refractivity contribution in [3.8, 4) is 0 Å². The summed E-state index contributed by atoms with van der Waals surface area (Å²) in [4.78, 5) is 62.6. The first-order valence-corrected chi connectivity index (χ1v) is 22.7. The summed E-state index contributed by atoms with van der Waals surface area (Å²) in [5.74, 6) is 0.838. The third kappa shape index (κ3) is 9.65. The van der Waals surface area contributed by atoms with Crippen molar-refractivity contribution in [3.05, 3.63) is 87.3 Å². The van der Waals surface area contributed by atoms with E-state index >= 15 is 0 Å². The van der Waals surface area contributed by atoms with Crippen LogP contribution in [0.15, 0.2) is 49.3 Å². The van der Waals surface area contributed by atoms with Gasteiger partial charge < -0.3 is 34.1 Å². The smallest absolute Gasteiger partial charge is 0.310 e. The second-order valence-electron chi connectivity index (χ2n) is 16.6. The molecule has 3 aliphatic heterocycles. The van der Waals surface area contributed by atoms with Crippen LogP contribution in [0, 0.1) is 11.8 Å². The number of hydrogen-bond donors (Lipinski definition) is 2. The van der Waals surface area contributed by atoms with Crippen molar-refractivity contribution >= 4 is 86.0 Å². The molecular weight excluding hydrogens is 865 g/mol. The fourth-order valence-corrected chi connectivity index (χ4v) is 9.96. The minimum atomic E-state index is -0.149. The summed E-state index contributed by atoms with van der Waals surface area (Å²) in [7, 11) is 2.92. The molecule has 63 heavy (non-hydrogen) atoms. The summed E-state index contributed by atoms with van der Waals surface area (Å²) in [6.07, 6.45) is 16.1. The second kappa shape index (κ2) is 19.6. The SMILES string of the molecule is COC(=O)C1CCCCC1.COC(=O)[C@@H]1CCCN(c2ncnc3c2CN(c2cc(Cl)nc4[nH]ccc24)[C@H](C)C3)C1.C[C@@H]1Cc2ncnc(Cl)c2CN1c1cc(Cl)nc2[nH]ccc12. The molecule has 15 nitrogen and oxygen atoms in total. The number of nitrogens with zero attached hydrogens (tertiary/aromatic N) is 9. The number of aromatic nitrogens is 8. The van der Waals surface area contributed by atoms with E-state index in [-0.39, 0.29) is 35.9 Å². The van der Waals surface area contributed by atoms with Crippen LogP contribution >= 0.6 is 34.8 Å². The number of hydrogen-bond acceptors (Lipinski definition) is 13. The number of methoxy groups -OCH3 is 2. The Balaban J connectivity index is 0.000000147. The molecule has 0 spiro atoms. The molecular formula is C45H52Cl3N11O4. The van der Waals surface area contributed by atoms with E-state index in [4.69, 9.17) is 39.5 Å². The largest absolute Gasteiger partial charge is 0.469 e. The van der Waals surface area contributed by atoms with E-state index in [9.17, 15) is 9.59 Å². The molecule has 1 saturated carbocycles. The minimum absolute atomic E-state index is 0.0142. The fraction of sp³-hybridized carbons (Fsp3) is 0.467. The zero-order chi connectivity index (χ0) is 44.2. The number of nitrogens with one attached hydrogen (secondary N) is 2. The molecule has 0 bridgehead atoms. The highest BCUT2D eigenvalue weighted by Crippen LogP contribution is 2.38. The van der Waals surface area contributed by atoms with Crippen LogP contribution in [0.2, 0.25) is 15.5 Å².